The van der Waals surface area contributed by atoms with E-state index in [1.165, 1.54) is 16.2 Å². The molecular formula is C49H33N5S. The van der Waals surface area contributed by atoms with Crippen LogP contribution in [0.5, 0.6) is 0 Å². The number of aromatic nitrogens is 3. The van der Waals surface area contributed by atoms with Gasteiger partial charge in [-0.2, -0.15) is 0 Å². The van der Waals surface area contributed by atoms with Crippen LogP contribution in [0.3, 0.4) is 0 Å². The van der Waals surface area contributed by atoms with Gasteiger partial charge in [-0.05, 0) is 87.5 Å². The number of thiol groups is 1. The van der Waals surface area contributed by atoms with Gasteiger partial charge in [0.05, 0.1) is 34.4 Å². The first-order valence-electron chi connectivity index (χ1n) is 18.3. The van der Waals surface area contributed by atoms with Crippen LogP contribution in [-0.4, -0.2) is 20.7 Å². The second-order valence-corrected chi connectivity index (χ2v) is 14.1. The molecule has 55 heavy (non-hydrogen) atoms. The van der Waals surface area contributed by atoms with Crippen molar-refractivity contribution in [2.45, 2.75) is 6.04 Å². The summed E-state index contributed by atoms with van der Waals surface area (Å²) in [6.07, 6.45) is 3.99. The lowest BCUT2D eigenvalue weighted by atomic mass is 9.86. The molecule has 0 aliphatic heterocycles. The topological polar surface area (TPSA) is 77.0 Å². The van der Waals surface area contributed by atoms with Gasteiger partial charge >= 0.3 is 0 Å². The second-order valence-electron chi connectivity index (χ2n) is 13.9. The summed E-state index contributed by atoms with van der Waals surface area (Å²) in [5, 5.41) is 5.73. The molecule has 1 aliphatic rings. The average molecular weight is 724 g/mol. The van der Waals surface area contributed by atoms with Crippen molar-refractivity contribution in [1.29, 1.82) is 0 Å². The first-order valence-corrected chi connectivity index (χ1v) is 18.7. The largest absolute Gasteiger partial charge is 0.319 e. The molecule has 1 aliphatic carbocycles. The average Bonchev–Trinajstić information content (AvgIpc) is 3.25. The Bertz CT molecular complexity index is 2920. The smallest absolute Gasteiger partial charge is 0.160 e. The van der Waals surface area contributed by atoms with Crippen molar-refractivity contribution in [1.82, 2.24) is 15.0 Å². The maximum atomic E-state index is 6.74. The minimum absolute atomic E-state index is 0.392. The Morgan fingerprint density at radius 2 is 1.05 bits per heavy atom. The standard InChI is InChI=1S/C49H33N5S/c50-47-43(54-55)25-24-41-46(47)40-14-5-6-15-42(40)51-48(41)33-20-16-32(17-21-33)36-12-7-13-37(26-36)44-29-45(38-22-18-30-8-1-3-10-34(30)27-38)53-49(52-44)39-23-19-31-9-2-4-11-35(31)28-39/h1-29,47,55H,50H2/b54-43-. The molecule has 0 spiro atoms. The number of pyridine rings is 1. The minimum Gasteiger partial charge on any atom is -0.319 e. The van der Waals surface area contributed by atoms with Crippen molar-refractivity contribution in [3.05, 3.63) is 181 Å². The predicted octanol–water partition coefficient (Wildman–Crippen LogP) is 12.0. The van der Waals surface area contributed by atoms with Gasteiger partial charge in [0.1, 0.15) is 0 Å². The number of fused-ring (bicyclic) bond motifs is 5. The summed E-state index contributed by atoms with van der Waals surface area (Å²) in [6.45, 7) is 0. The highest BCUT2D eigenvalue weighted by Gasteiger charge is 2.25. The van der Waals surface area contributed by atoms with Gasteiger partial charge in [-0.1, -0.05) is 140 Å². The number of hydrogen-bond acceptors (Lipinski definition) is 6. The fourth-order valence-electron chi connectivity index (χ4n) is 7.72. The highest BCUT2D eigenvalue weighted by Crippen LogP contribution is 2.38. The lowest BCUT2D eigenvalue weighted by Gasteiger charge is -2.23. The molecule has 2 heterocycles. The Kier molecular flexibility index (Phi) is 8.13. The van der Waals surface area contributed by atoms with Crippen molar-refractivity contribution in [2.75, 3.05) is 0 Å². The zero-order chi connectivity index (χ0) is 36.9. The molecule has 260 valence electrons. The van der Waals surface area contributed by atoms with Gasteiger partial charge in [0.25, 0.3) is 0 Å². The maximum absolute atomic E-state index is 6.74. The third-order valence-corrected chi connectivity index (χ3v) is 10.8. The van der Waals surface area contributed by atoms with Crippen molar-refractivity contribution in [3.8, 4) is 56.3 Å². The fraction of sp³-hybridized carbons (Fsp3) is 0.0204. The molecule has 10 rings (SSSR count). The van der Waals surface area contributed by atoms with E-state index in [1.807, 2.05) is 24.3 Å². The third kappa shape index (κ3) is 5.98. The van der Waals surface area contributed by atoms with E-state index in [2.05, 4.69) is 169 Å². The van der Waals surface area contributed by atoms with Gasteiger partial charge in [-0.25, -0.2) is 19.3 Å². The van der Waals surface area contributed by atoms with E-state index >= 15 is 0 Å². The predicted molar refractivity (Wildman–Crippen MR) is 232 cm³/mol. The molecule has 5 nitrogen and oxygen atoms in total. The normalized spacial score (nSPS) is 14.5. The molecule has 9 aromatic rings. The van der Waals surface area contributed by atoms with Gasteiger partial charge in [0.2, 0.25) is 0 Å². The number of hydrogen-bond donors (Lipinski definition) is 2. The van der Waals surface area contributed by atoms with Gasteiger partial charge < -0.3 is 5.73 Å². The summed E-state index contributed by atoms with van der Waals surface area (Å²) in [7, 11) is 0. The molecule has 7 aromatic carbocycles. The summed E-state index contributed by atoms with van der Waals surface area (Å²) < 4.78 is 4.14. The molecule has 1 atom stereocenters. The highest BCUT2D eigenvalue weighted by atomic mass is 32.1. The molecule has 0 amide bonds. The molecule has 0 saturated carbocycles. The zero-order valence-electron chi connectivity index (χ0n) is 29.6. The SMILES string of the molecule is NC1/C(=N\S)C=Cc2c(-c3ccc(-c4cccc(-c5cc(-c6ccc7ccccc7c6)nc(-c6ccc7ccccc7c6)n5)c4)cc3)nc3ccccc3c21. The lowest BCUT2D eigenvalue weighted by molar-refractivity contribution is 0.968. The Labute approximate surface area is 324 Å². The second kappa shape index (κ2) is 13.6. The van der Waals surface area contributed by atoms with Crippen LogP contribution < -0.4 is 5.73 Å². The zero-order valence-corrected chi connectivity index (χ0v) is 30.5. The molecule has 1 unspecified atom stereocenters. The Morgan fingerprint density at radius 3 is 1.78 bits per heavy atom. The van der Waals surface area contributed by atoms with Gasteiger partial charge in [-0.3, -0.25) is 0 Å². The van der Waals surface area contributed by atoms with Crippen LogP contribution in [0.4, 0.5) is 0 Å². The fourth-order valence-corrected chi connectivity index (χ4v) is 7.91. The van der Waals surface area contributed by atoms with Crippen LogP contribution in [-0.2, 0) is 0 Å². The first-order chi connectivity index (χ1) is 27.1. The summed E-state index contributed by atoms with van der Waals surface area (Å²) in [6, 6.07) is 56.8. The van der Waals surface area contributed by atoms with Crippen molar-refractivity contribution in [3.63, 3.8) is 0 Å². The van der Waals surface area contributed by atoms with E-state index in [4.69, 9.17) is 20.7 Å². The molecule has 0 bridgehead atoms. The number of rotatable bonds is 5. The Balaban J connectivity index is 1.05. The van der Waals surface area contributed by atoms with Crippen LogP contribution in [0.25, 0.3) is 94.8 Å². The van der Waals surface area contributed by atoms with Crippen LogP contribution in [0.1, 0.15) is 17.2 Å². The first kappa shape index (κ1) is 32.9. The van der Waals surface area contributed by atoms with Crippen LogP contribution >= 0.6 is 12.8 Å². The molecule has 0 radical (unpaired) electrons. The van der Waals surface area contributed by atoms with Crippen molar-refractivity contribution >= 4 is 57.1 Å². The van der Waals surface area contributed by atoms with E-state index in [0.717, 1.165) is 83.6 Å². The molecule has 6 heteroatoms. The van der Waals surface area contributed by atoms with E-state index in [-0.39, 0.29) is 0 Å². The molecular weight excluding hydrogens is 691 g/mol. The lowest BCUT2D eigenvalue weighted by Crippen LogP contribution is -2.24. The quantitative estimate of drug-likeness (QED) is 0.173. The van der Waals surface area contributed by atoms with Crippen molar-refractivity contribution < 1.29 is 0 Å². The number of nitrogens with two attached hydrogens (primary N) is 1. The summed E-state index contributed by atoms with van der Waals surface area (Å²) in [4.78, 5) is 15.5. The maximum Gasteiger partial charge on any atom is 0.160 e. The van der Waals surface area contributed by atoms with Crippen LogP contribution in [0, 0.1) is 0 Å². The molecule has 0 fully saturated rings. The summed E-state index contributed by atoms with van der Waals surface area (Å²) >= 11 is 4.18. The molecule has 2 aromatic heterocycles. The van der Waals surface area contributed by atoms with E-state index in [1.54, 1.807) is 0 Å². The number of para-hydroxylation sites is 1. The van der Waals surface area contributed by atoms with E-state index in [0.29, 0.717) is 5.82 Å². The Hall–Kier alpha value is -6.73. The van der Waals surface area contributed by atoms with E-state index in [9.17, 15) is 0 Å². The summed E-state index contributed by atoms with van der Waals surface area (Å²) in [5.74, 6) is 0.689. The molecule has 0 saturated heterocycles. The highest BCUT2D eigenvalue weighted by molar-refractivity contribution is 7.79. The van der Waals surface area contributed by atoms with Crippen molar-refractivity contribution in [2.24, 2.45) is 10.1 Å². The van der Waals surface area contributed by atoms with Gasteiger partial charge in [-0.15, -0.1) is 0 Å². The minimum atomic E-state index is -0.392. The number of nitrogens with zero attached hydrogens (tertiary/aromatic N) is 4. The summed E-state index contributed by atoms with van der Waals surface area (Å²) in [5.41, 5.74) is 19.2. The van der Waals surface area contributed by atoms with Crippen LogP contribution in [0.2, 0.25) is 0 Å². The third-order valence-electron chi connectivity index (χ3n) is 10.6. The van der Waals surface area contributed by atoms with Crippen LogP contribution in [0.15, 0.2) is 174 Å². The van der Waals surface area contributed by atoms with Gasteiger partial charge in [0, 0.05) is 33.2 Å². The van der Waals surface area contributed by atoms with Gasteiger partial charge in [0.15, 0.2) is 5.82 Å². The number of benzene rings is 7. The van der Waals surface area contributed by atoms with E-state index < -0.39 is 6.04 Å². The Morgan fingerprint density at radius 1 is 0.473 bits per heavy atom. The molecule has 2 N–H and O–H groups in total. The monoisotopic (exact) mass is 723 g/mol.